The second-order valence-electron chi connectivity index (χ2n) is 8.49. The van der Waals surface area contributed by atoms with Crippen molar-refractivity contribution in [2.24, 2.45) is 0 Å². The fraction of sp³-hybridized carbons (Fsp3) is 0.292. The molecule has 2 aromatic carbocycles. The Morgan fingerprint density at radius 2 is 1.86 bits per heavy atom. The maximum atomic E-state index is 13.6. The Bertz CT molecular complexity index is 1390. The van der Waals surface area contributed by atoms with Crippen LogP contribution in [0.25, 0.3) is 11.1 Å². The van der Waals surface area contributed by atoms with Crippen LogP contribution in [0.5, 0.6) is 5.75 Å². The summed E-state index contributed by atoms with van der Waals surface area (Å²) in [6.07, 6.45) is -4.53. The maximum Gasteiger partial charge on any atom is 0.419 e. The zero-order valence-electron chi connectivity index (χ0n) is 19.2. The highest BCUT2D eigenvalue weighted by atomic mass is 35.5. The van der Waals surface area contributed by atoms with E-state index in [1.165, 1.54) is 13.0 Å². The number of anilines is 1. The van der Waals surface area contributed by atoms with Gasteiger partial charge in [-0.2, -0.15) is 13.2 Å². The van der Waals surface area contributed by atoms with Crippen LogP contribution >= 0.6 is 22.9 Å². The molecule has 1 atom stereocenters. The van der Waals surface area contributed by atoms with E-state index in [-0.39, 0.29) is 20.0 Å². The SMILES string of the molecule is CC(=O)c1ccc(-c2cc(S(=O)(=O)Nc3ccc(C(F)(F)F)c(O[C@@H]4CCN(C)C4)c3)sc2Cl)cc1. The molecule has 4 rings (SSSR count). The highest BCUT2D eigenvalue weighted by Crippen LogP contribution is 2.41. The van der Waals surface area contributed by atoms with Gasteiger partial charge in [0, 0.05) is 30.3 Å². The molecule has 36 heavy (non-hydrogen) atoms. The second kappa shape index (κ2) is 10.0. The molecule has 6 nitrogen and oxygen atoms in total. The number of alkyl halides is 3. The van der Waals surface area contributed by atoms with Crippen molar-refractivity contribution in [2.45, 2.75) is 29.8 Å². The topological polar surface area (TPSA) is 75.7 Å². The molecular weight excluding hydrogens is 537 g/mol. The van der Waals surface area contributed by atoms with E-state index in [4.69, 9.17) is 16.3 Å². The predicted molar refractivity (Wildman–Crippen MR) is 134 cm³/mol. The zero-order valence-corrected chi connectivity index (χ0v) is 21.6. The first-order valence-corrected chi connectivity index (χ1v) is 13.5. The van der Waals surface area contributed by atoms with E-state index in [1.54, 1.807) is 24.3 Å². The predicted octanol–water partition coefficient (Wildman–Crippen LogP) is 6.17. The zero-order chi connectivity index (χ0) is 26.3. The molecule has 0 spiro atoms. The summed E-state index contributed by atoms with van der Waals surface area (Å²) in [7, 11) is -2.32. The molecule has 192 valence electrons. The van der Waals surface area contributed by atoms with Crippen LogP contribution in [-0.2, 0) is 16.2 Å². The number of ether oxygens (including phenoxy) is 1. The number of hydrogen-bond acceptors (Lipinski definition) is 6. The normalized spacial score (nSPS) is 16.8. The molecule has 12 heteroatoms. The van der Waals surface area contributed by atoms with Crippen LogP contribution in [0.15, 0.2) is 52.7 Å². The number of likely N-dealkylation sites (tertiary alicyclic amines) is 1. The summed E-state index contributed by atoms with van der Waals surface area (Å²) in [5.41, 5.74) is 0.536. The molecular formula is C24H22ClF3N2O4S2. The lowest BCUT2D eigenvalue weighted by molar-refractivity contribution is -0.139. The standard InChI is InChI=1S/C24H22ClF3N2O4S2/c1-14(31)15-3-5-16(6-4-15)19-12-22(35-23(19)25)36(32,33)29-17-7-8-20(24(26,27)28)21(11-17)34-18-9-10-30(2)13-18/h3-8,11-12,18,29H,9-10,13H2,1-2H3/t18-/m1/s1. The number of nitrogens with zero attached hydrogens (tertiary/aromatic N) is 1. The minimum atomic E-state index is -4.66. The first-order valence-electron chi connectivity index (χ1n) is 10.8. The van der Waals surface area contributed by atoms with Gasteiger partial charge in [-0.15, -0.1) is 11.3 Å². The highest BCUT2D eigenvalue weighted by Gasteiger charge is 2.36. The van der Waals surface area contributed by atoms with Crippen LogP contribution in [-0.4, -0.2) is 45.3 Å². The van der Waals surface area contributed by atoms with Crippen molar-refractivity contribution in [2.75, 3.05) is 24.9 Å². The minimum Gasteiger partial charge on any atom is -0.488 e. The number of halogens is 4. The fourth-order valence-corrected chi connectivity index (χ4v) is 6.67. The first kappa shape index (κ1) is 26.5. The third-order valence-corrected chi connectivity index (χ3v) is 8.93. The van der Waals surface area contributed by atoms with E-state index in [0.717, 1.165) is 29.5 Å². The molecule has 0 unspecified atom stereocenters. The fourth-order valence-electron chi connectivity index (χ4n) is 3.85. The average molecular weight is 559 g/mol. The van der Waals surface area contributed by atoms with Crippen LogP contribution in [0.3, 0.4) is 0 Å². The number of benzene rings is 2. The molecule has 3 aromatic rings. The summed E-state index contributed by atoms with van der Waals surface area (Å²) in [5, 5.41) is 0. The molecule has 2 heterocycles. The largest absolute Gasteiger partial charge is 0.488 e. The van der Waals surface area contributed by atoms with Crippen molar-refractivity contribution in [3.05, 3.63) is 64.0 Å². The monoisotopic (exact) mass is 558 g/mol. The first-order chi connectivity index (χ1) is 16.8. The molecule has 1 aliphatic rings. The molecule has 0 bridgehead atoms. The Morgan fingerprint density at radius 3 is 2.44 bits per heavy atom. The molecule has 0 aliphatic carbocycles. The smallest absolute Gasteiger partial charge is 0.419 e. The van der Waals surface area contributed by atoms with E-state index in [2.05, 4.69) is 4.72 Å². The number of sulfonamides is 1. The van der Waals surface area contributed by atoms with Gasteiger partial charge in [-0.3, -0.25) is 9.52 Å². The van der Waals surface area contributed by atoms with Crippen molar-refractivity contribution in [1.82, 2.24) is 4.90 Å². The molecule has 1 N–H and O–H groups in total. The summed E-state index contributed by atoms with van der Waals surface area (Å²) < 4.78 is 74.8. The third-order valence-electron chi connectivity index (χ3n) is 5.71. The van der Waals surface area contributed by atoms with Gasteiger partial charge in [-0.05, 0) is 44.2 Å². The summed E-state index contributed by atoms with van der Waals surface area (Å²) in [5.74, 6) is -0.538. The molecule has 1 aromatic heterocycles. The minimum absolute atomic E-state index is 0.0683. The van der Waals surface area contributed by atoms with Gasteiger partial charge in [0.25, 0.3) is 10.0 Å². The lowest BCUT2D eigenvalue weighted by Gasteiger charge is -2.19. The Hall–Kier alpha value is -2.60. The van der Waals surface area contributed by atoms with Gasteiger partial charge < -0.3 is 9.64 Å². The number of thiophene rings is 1. The van der Waals surface area contributed by atoms with Crippen molar-refractivity contribution in [1.29, 1.82) is 0 Å². The van der Waals surface area contributed by atoms with Gasteiger partial charge in [0.2, 0.25) is 0 Å². The Balaban J connectivity index is 1.61. The summed E-state index contributed by atoms with van der Waals surface area (Å²) in [4.78, 5) is 13.4. The Labute approximate surface area is 215 Å². The molecule has 1 saturated heterocycles. The quantitative estimate of drug-likeness (QED) is 0.351. The number of carbonyl (C=O) groups excluding carboxylic acids is 1. The van der Waals surface area contributed by atoms with Gasteiger partial charge in [-0.1, -0.05) is 35.9 Å². The number of rotatable bonds is 7. The Morgan fingerprint density at radius 1 is 1.17 bits per heavy atom. The highest BCUT2D eigenvalue weighted by molar-refractivity contribution is 7.94. The van der Waals surface area contributed by atoms with Crippen molar-refractivity contribution in [3.63, 3.8) is 0 Å². The van der Waals surface area contributed by atoms with Gasteiger partial charge in [0.05, 0.1) is 11.3 Å². The molecule has 1 fully saturated rings. The van der Waals surface area contributed by atoms with Crippen LogP contribution in [0, 0.1) is 0 Å². The van der Waals surface area contributed by atoms with Crippen molar-refractivity contribution in [3.8, 4) is 16.9 Å². The van der Waals surface area contributed by atoms with E-state index >= 15 is 0 Å². The van der Waals surface area contributed by atoms with Crippen LogP contribution in [0.2, 0.25) is 4.34 Å². The van der Waals surface area contributed by atoms with Crippen LogP contribution < -0.4 is 9.46 Å². The lowest BCUT2D eigenvalue weighted by Crippen LogP contribution is -2.23. The van der Waals surface area contributed by atoms with Gasteiger partial charge >= 0.3 is 6.18 Å². The van der Waals surface area contributed by atoms with Crippen LogP contribution in [0.4, 0.5) is 18.9 Å². The molecule has 0 amide bonds. The van der Waals surface area contributed by atoms with E-state index < -0.39 is 33.6 Å². The van der Waals surface area contributed by atoms with Gasteiger partial charge in [0.15, 0.2) is 5.78 Å². The number of carbonyl (C=O) groups is 1. The molecule has 0 saturated carbocycles. The Kier molecular flexibility index (Phi) is 7.38. The summed E-state index contributed by atoms with van der Waals surface area (Å²) in [6.45, 7) is 2.60. The van der Waals surface area contributed by atoms with Gasteiger partial charge in [0.1, 0.15) is 20.4 Å². The number of nitrogens with one attached hydrogen (secondary N) is 1. The van der Waals surface area contributed by atoms with Crippen molar-refractivity contribution >= 4 is 44.4 Å². The second-order valence-corrected chi connectivity index (χ2v) is 12.1. The third kappa shape index (κ3) is 5.86. The van der Waals surface area contributed by atoms with E-state index in [1.807, 2.05) is 11.9 Å². The van der Waals surface area contributed by atoms with Crippen molar-refractivity contribution < 1.29 is 31.1 Å². The van der Waals surface area contributed by atoms with E-state index in [0.29, 0.717) is 36.2 Å². The summed E-state index contributed by atoms with van der Waals surface area (Å²) in [6, 6.07) is 10.8. The average Bonchev–Trinajstić information content (AvgIpc) is 3.38. The number of hydrogen-bond donors (Lipinski definition) is 1. The number of ketones is 1. The van der Waals surface area contributed by atoms with Crippen LogP contribution in [0.1, 0.15) is 29.3 Å². The number of likely N-dealkylation sites (N-methyl/N-ethyl adjacent to an activating group) is 1. The maximum absolute atomic E-state index is 13.6. The lowest BCUT2D eigenvalue weighted by atomic mass is 10.1. The summed E-state index contributed by atoms with van der Waals surface area (Å²) >= 11 is 7.12. The molecule has 0 radical (unpaired) electrons. The number of Topliss-reactive ketones (excluding diaryl/α,β-unsaturated/α-hetero) is 1. The molecule has 1 aliphatic heterocycles. The van der Waals surface area contributed by atoms with Gasteiger partial charge in [-0.25, -0.2) is 8.42 Å². The van der Waals surface area contributed by atoms with E-state index in [9.17, 15) is 26.4 Å².